The van der Waals surface area contributed by atoms with E-state index in [1.807, 2.05) is 13.8 Å². The summed E-state index contributed by atoms with van der Waals surface area (Å²) in [6, 6.07) is 6.96. The van der Waals surface area contributed by atoms with Crippen LogP contribution < -0.4 is 16.1 Å². The molecule has 1 aliphatic heterocycles. The standard InChI is InChI=1S/C22H21NO7.C2H6/c1-26-14-9-8-11(10-15(14)27-2)16-17-19(30-20(23)18(16)21(24)28-3)12-6-4-5-7-13(12)29-22(17)25;1-2/h4-10,14-16H,23H2,1-3H3;1-2H3. The average molecular weight is 441 g/mol. The molecule has 2 N–H and O–H groups in total. The normalized spacial score (nSPS) is 21.8. The molecule has 0 amide bonds. The first-order valence-electron chi connectivity index (χ1n) is 10.3. The van der Waals surface area contributed by atoms with Gasteiger partial charge in [0.25, 0.3) is 0 Å². The number of nitrogens with two attached hydrogens (primary N) is 1. The van der Waals surface area contributed by atoms with E-state index in [1.54, 1.807) is 56.7 Å². The molecule has 0 saturated carbocycles. The van der Waals surface area contributed by atoms with Gasteiger partial charge in [0.15, 0.2) is 5.75 Å². The van der Waals surface area contributed by atoms with Gasteiger partial charge in [0.2, 0.25) is 5.88 Å². The number of carbonyl (C=O) groups excluding carboxylic acids is 1. The number of rotatable bonds is 4. The van der Waals surface area contributed by atoms with Gasteiger partial charge in [-0.3, -0.25) is 0 Å². The average Bonchev–Trinajstić information content (AvgIpc) is 2.83. The van der Waals surface area contributed by atoms with E-state index in [0.29, 0.717) is 16.5 Å². The second-order valence-corrected chi connectivity index (χ2v) is 6.86. The van der Waals surface area contributed by atoms with Crippen molar-refractivity contribution < 1.29 is 28.2 Å². The van der Waals surface area contributed by atoms with Gasteiger partial charge in [-0.15, -0.1) is 0 Å². The Morgan fingerprint density at radius 3 is 2.41 bits per heavy atom. The number of ether oxygens (including phenoxy) is 4. The Morgan fingerprint density at radius 2 is 1.75 bits per heavy atom. The first kappa shape index (κ1) is 23.3. The maximum atomic E-state index is 13.0. The fourth-order valence-electron chi connectivity index (χ4n) is 3.87. The summed E-state index contributed by atoms with van der Waals surface area (Å²) in [6.45, 7) is 4.00. The van der Waals surface area contributed by atoms with Crippen molar-refractivity contribution in [2.75, 3.05) is 21.3 Å². The number of methoxy groups -OCH3 is 3. The molecule has 3 unspecified atom stereocenters. The second-order valence-electron chi connectivity index (χ2n) is 6.86. The van der Waals surface area contributed by atoms with E-state index in [2.05, 4.69) is 0 Å². The number of benzene rings is 1. The Labute approximate surface area is 185 Å². The molecule has 0 radical (unpaired) electrons. The minimum absolute atomic E-state index is 0.0224. The van der Waals surface area contributed by atoms with E-state index in [0.717, 1.165) is 0 Å². The highest BCUT2D eigenvalue weighted by molar-refractivity contribution is 5.94. The lowest BCUT2D eigenvalue weighted by Crippen LogP contribution is -2.34. The van der Waals surface area contributed by atoms with Crippen LogP contribution in [-0.4, -0.2) is 39.5 Å². The molecule has 170 valence electrons. The number of carbonyl (C=O) groups is 1. The molecular formula is C24H27NO7. The van der Waals surface area contributed by atoms with Gasteiger partial charge >= 0.3 is 11.6 Å². The summed E-state index contributed by atoms with van der Waals surface area (Å²) in [6.07, 6.45) is 4.63. The maximum Gasteiger partial charge on any atom is 0.344 e. The first-order chi connectivity index (χ1) is 15.5. The lowest BCUT2D eigenvalue weighted by atomic mass is 9.80. The fraction of sp³-hybridized carbons (Fsp3) is 0.333. The molecule has 8 heteroatoms. The SMILES string of the molecule is CC.COC(=O)C1=C(N)Oc2c(c(=O)oc3ccccc23)C1C1=CC(OC)C(OC)C=C1. The molecule has 1 aliphatic carbocycles. The molecule has 0 bridgehead atoms. The second kappa shape index (κ2) is 9.84. The highest BCUT2D eigenvalue weighted by Gasteiger charge is 2.40. The third-order valence-electron chi connectivity index (χ3n) is 5.30. The van der Waals surface area contributed by atoms with Crippen molar-refractivity contribution in [2.45, 2.75) is 32.0 Å². The molecule has 32 heavy (non-hydrogen) atoms. The zero-order valence-electron chi connectivity index (χ0n) is 18.7. The van der Waals surface area contributed by atoms with Crippen LogP contribution in [0.25, 0.3) is 11.0 Å². The molecule has 0 fully saturated rings. The van der Waals surface area contributed by atoms with Crippen LogP contribution in [0.15, 0.2) is 68.7 Å². The Balaban J connectivity index is 0.00000141. The summed E-state index contributed by atoms with van der Waals surface area (Å²) < 4.78 is 27.1. The predicted octanol–water partition coefficient (Wildman–Crippen LogP) is 3.16. The van der Waals surface area contributed by atoms with Crippen LogP contribution in [0.3, 0.4) is 0 Å². The van der Waals surface area contributed by atoms with Gasteiger partial charge in [0.05, 0.1) is 24.0 Å². The number of allylic oxidation sites excluding steroid dienone is 2. The molecular weight excluding hydrogens is 414 g/mol. The predicted molar refractivity (Wildman–Crippen MR) is 119 cm³/mol. The number of para-hydroxylation sites is 1. The molecule has 3 atom stereocenters. The van der Waals surface area contributed by atoms with Crippen molar-refractivity contribution in [2.24, 2.45) is 5.73 Å². The third-order valence-corrected chi connectivity index (χ3v) is 5.30. The molecule has 1 aromatic carbocycles. The number of esters is 1. The summed E-state index contributed by atoms with van der Waals surface area (Å²) in [5, 5.41) is 0.572. The van der Waals surface area contributed by atoms with Crippen LogP contribution in [0.4, 0.5) is 0 Å². The summed E-state index contributed by atoms with van der Waals surface area (Å²) in [7, 11) is 4.36. The third kappa shape index (κ3) is 3.94. The van der Waals surface area contributed by atoms with Gasteiger partial charge in [0, 0.05) is 14.2 Å². The van der Waals surface area contributed by atoms with Crippen LogP contribution in [0.5, 0.6) is 5.75 Å². The highest BCUT2D eigenvalue weighted by atomic mass is 16.5. The molecule has 4 rings (SSSR count). The van der Waals surface area contributed by atoms with Gasteiger partial charge in [-0.05, 0) is 23.8 Å². The van der Waals surface area contributed by atoms with Crippen LogP contribution >= 0.6 is 0 Å². The minimum Gasteiger partial charge on any atom is -0.465 e. The van der Waals surface area contributed by atoms with Crippen molar-refractivity contribution >= 4 is 16.9 Å². The summed E-state index contributed by atoms with van der Waals surface area (Å²) in [5.74, 6) is -1.43. The smallest absolute Gasteiger partial charge is 0.344 e. The molecule has 2 heterocycles. The molecule has 1 aromatic heterocycles. The lowest BCUT2D eigenvalue weighted by Gasteiger charge is -2.31. The van der Waals surface area contributed by atoms with Crippen molar-refractivity contribution in [3.63, 3.8) is 0 Å². The van der Waals surface area contributed by atoms with Gasteiger partial charge in [-0.1, -0.05) is 38.1 Å². The first-order valence-corrected chi connectivity index (χ1v) is 10.3. The van der Waals surface area contributed by atoms with E-state index in [4.69, 9.17) is 29.1 Å². The molecule has 2 aliphatic rings. The molecule has 0 spiro atoms. The highest BCUT2D eigenvalue weighted by Crippen LogP contribution is 2.45. The Kier molecular flexibility index (Phi) is 7.17. The van der Waals surface area contributed by atoms with E-state index in [-0.39, 0.29) is 28.9 Å². The number of hydrogen-bond acceptors (Lipinski definition) is 8. The fourth-order valence-corrected chi connectivity index (χ4v) is 3.87. The zero-order valence-corrected chi connectivity index (χ0v) is 18.7. The van der Waals surface area contributed by atoms with Gasteiger partial charge in [-0.25, -0.2) is 9.59 Å². The Hall–Kier alpha value is -3.36. The topological polar surface area (TPSA) is 110 Å². The Morgan fingerprint density at radius 1 is 1.06 bits per heavy atom. The molecule has 0 saturated heterocycles. The van der Waals surface area contributed by atoms with Crippen molar-refractivity contribution in [1.29, 1.82) is 0 Å². The van der Waals surface area contributed by atoms with Crippen molar-refractivity contribution in [3.8, 4) is 5.75 Å². The monoisotopic (exact) mass is 441 g/mol. The van der Waals surface area contributed by atoms with E-state index < -0.39 is 23.6 Å². The van der Waals surface area contributed by atoms with Gasteiger partial charge in [-0.2, -0.15) is 0 Å². The molecule has 2 aromatic rings. The number of fused-ring (bicyclic) bond motifs is 3. The van der Waals surface area contributed by atoms with Crippen molar-refractivity contribution in [1.82, 2.24) is 0 Å². The van der Waals surface area contributed by atoms with Crippen LogP contribution in [0.2, 0.25) is 0 Å². The van der Waals surface area contributed by atoms with Gasteiger partial charge < -0.3 is 29.1 Å². The Bertz CT molecular complexity index is 1160. The summed E-state index contributed by atoms with van der Waals surface area (Å²) in [5.41, 5.74) is 6.69. The van der Waals surface area contributed by atoms with E-state index in [9.17, 15) is 9.59 Å². The lowest BCUT2D eigenvalue weighted by molar-refractivity contribution is -0.136. The van der Waals surface area contributed by atoms with Crippen LogP contribution in [0.1, 0.15) is 25.3 Å². The summed E-state index contributed by atoms with van der Waals surface area (Å²) in [4.78, 5) is 25.6. The van der Waals surface area contributed by atoms with Crippen molar-refractivity contribution in [3.05, 3.63) is 75.5 Å². The largest absolute Gasteiger partial charge is 0.465 e. The minimum atomic E-state index is -0.853. The van der Waals surface area contributed by atoms with E-state index >= 15 is 0 Å². The molecule has 8 nitrogen and oxygen atoms in total. The van der Waals surface area contributed by atoms with Crippen LogP contribution in [0, 0.1) is 0 Å². The van der Waals surface area contributed by atoms with E-state index in [1.165, 1.54) is 7.11 Å². The van der Waals surface area contributed by atoms with Crippen LogP contribution in [-0.2, 0) is 19.0 Å². The van der Waals surface area contributed by atoms with Gasteiger partial charge in [0.1, 0.15) is 23.4 Å². The summed E-state index contributed by atoms with van der Waals surface area (Å²) >= 11 is 0. The zero-order chi connectivity index (χ0) is 23.4. The quantitative estimate of drug-likeness (QED) is 0.569. The maximum absolute atomic E-state index is 13.0. The number of hydrogen-bond donors (Lipinski definition) is 1.